The third-order valence-corrected chi connectivity index (χ3v) is 5.43. The number of nitrogens with zero attached hydrogens (tertiary/aromatic N) is 2. The molecule has 1 aromatic rings. The van der Waals surface area contributed by atoms with Crippen LogP contribution in [0.3, 0.4) is 0 Å². The van der Waals surface area contributed by atoms with Gasteiger partial charge in [-0.1, -0.05) is 12.1 Å². The lowest BCUT2D eigenvalue weighted by Crippen LogP contribution is -2.47. The number of carbonyl (C=O) groups is 1. The number of benzene rings is 1. The van der Waals surface area contributed by atoms with Gasteiger partial charge in [0.1, 0.15) is 0 Å². The second-order valence-electron chi connectivity index (χ2n) is 5.70. The first-order valence-corrected chi connectivity index (χ1v) is 8.68. The molecule has 0 aliphatic carbocycles. The van der Waals surface area contributed by atoms with Crippen molar-refractivity contribution >= 4 is 23.4 Å². The summed E-state index contributed by atoms with van der Waals surface area (Å²) in [6, 6.07) is 8.85. The molecule has 1 saturated heterocycles. The monoisotopic (exact) mass is 305 g/mol. The standard InChI is InChI=1S/C16H23N3OS/c1-17-13-6-8-18(9-7-13)12-16(20)19-10-11-21-15-5-3-2-4-14(15)19/h2-5,13,17H,6-12H2,1H3. The molecule has 2 aliphatic heterocycles. The number of fused-ring (bicyclic) bond motifs is 1. The van der Waals surface area contributed by atoms with Crippen LogP contribution in [-0.4, -0.2) is 55.8 Å². The minimum atomic E-state index is 0.241. The average Bonchev–Trinajstić information content (AvgIpc) is 2.55. The van der Waals surface area contributed by atoms with E-state index in [2.05, 4.69) is 22.3 Å². The van der Waals surface area contributed by atoms with Crippen molar-refractivity contribution in [2.45, 2.75) is 23.8 Å². The maximum atomic E-state index is 12.6. The van der Waals surface area contributed by atoms with E-state index in [0.29, 0.717) is 12.6 Å². The number of thioether (sulfide) groups is 1. The second kappa shape index (κ2) is 6.81. The van der Waals surface area contributed by atoms with Gasteiger partial charge < -0.3 is 10.2 Å². The van der Waals surface area contributed by atoms with Crippen molar-refractivity contribution in [2.24, 2.45) is 0 Å². The summed E-state index contributed by atoms with van der Waals surface area (Å²) in [6.07, 6.45) is 2.27. The zero-order valence-electron chi connectivity index (χ0n) is 12.5. The van der Waals surface area contributed by atoms with Gasteiger partial charge in [0, 0.05) is 36.3 Å². The molecule has 0 spiro atoms. The van der Waals surface area contributed by atoms with Crippen LogP contribution in [0.1, 0.15) is 12.8 Å². The maximum absolute atomic E-state index is 12.6. The Bertz CT molecular complexity index is 500. The predicted octanol–water partition coefficient (Wildman–Crippen LogP) is 1.81. The Morgan fingerprint density at radius 1 is 1.29 bits per heavy atom. The number of piperidine rings is 1. The van der Waals surface area contributed by atoms with E-state index in [4.69, 9.17) is 0 Å². The summed E-state index contributed by atoms with van der Waals surface area (Å²) in [5.41, 5.74) is 1.09. The highest BCUT2D eigenvalue weighted by molar-refractivity contribution is 7.99. The molecule has 2 heterocycles. The van der Waals surface area contributed by atoms with Crippen LogP contribution in [0.4, 0.5) is 5.69 Å². The lowest BCUT2D eigenvalue weighted by atomic mass is 10.1. The number of para-hydroxylation sites is 1. The molecule has 21 heavy (non-hydrogen) atoms. The van der Waals surface area contributed by atoms with E-state index in [1.807, 2.05) is 35.8 Å². The lowest BCUT2D eigenvalue weighted by molar-refractivity contribution is -0.120. The molecule has 0 saturated carbocycles. The van der Waals surface area contributed by atoms with Gasteiger partial charge in [0.05, 0.1) is 12.2 Å². The Hall–Kier alpha value is -1.04. The van der Waals surface area contributed by atoms with E-state index in [1.165, 1.54) is 4.90 Å². The highest BCUT2D eigenvalue weighted by Crippen LogP contribution is 2.34. The molecule has 4 nitrogen and oxygen atoms in total. The van der Waals surface area contributed by atoms with E-state index >= 15 is 0 Å². The molecule has 0 bridgehead atoms. The summed E-state index contributed by atoms with van der Waals surface area (Å²) in [6.45, 7) is 3.41. The van der Waals surface area contributed by atoms with Crippen molar-refractivity contribution in [1.82, 2.24) is 10.2 Å². The average molecular weight is 305 g/mol. The Morgan fingerprint density at radius 2 is 2.05 bits per heavy atom. The van der Waals surface area contributed by atoms with Gasteiger partial charge in [-0.15, -0.1) is 11.8 Å². The molecule has 0 unspecified atom stereocenters. The molecule has 5 heteroatoms. The Morgan fingerprint density at radius 3 is 2.81 bits per heavy atom. The molecule has 1 N–H and O–H groups in total. The highest BCUT2D eigenvalue weighted by Gasteiger charge is 2.26. The van der Waals surface area contributed by atoms with Gasteiger partial charge in [-0.3, -0.25) is 9.69 Å². The predicted molar refractivity (Wildman–Crippen MR) is 88.0 cm³/mol. The lowest BCUT2D eigenvalue weighted by Gasteiger charge is -2.34. The zero-order valence-corrected chi connectivity index (χ0v) is 13.4. The van der Waals surface area contributed by atoms with Crippen molar-refractivity contribution in [3.05, 3.63) is 24.3 Å². The molecular formula is C16H23N3OS. The number of nitrogens with one attached hydrogen (secondary N) is 1. The van der Waals surface area contributed by atoms with Gasteiger partial charge in [-0.2, -0.15) is 0 Å². The zero-order chi connectivity index (χ0) is 14.7. The van der Waals surface area contributed by atoms with E-state index in [-0.39, 0.29) is 5.91 Å². The topological polar surface area (TPSA) is 35.6 Å². The molecule has 1 aromatic carbocycles. The number of likely N-dealkylation sites (tertiary alicyclic amines) is 1. The number of hydrogen-bond donors (Lipinski definition) is 1. The van der Waals surface area contributed by atoms with Crippen LogP contribution < -0.4 is 10.2 Å². The summed E-state index contributed by atoms with van der Waals surface area (Å²) < 4.78 is 0. The Labute approximate surface area is 130 Å². The fourth-order valence-corrected chi connectivity index (χ4v) is 4.08. The van der Waals surface area contributed by atoms with Gasteiger partial charge in [0.25, 0.3) is 0 Å². The second-order valence-corrected chi connectivity index (χ2v) is 6.84. The van der Waals surface area contributed by atoms with E-state index in [1.54, 1.807) is 0 Å². The fourth-order valence-electron chi connectivity index (χ4n) is 3.08. The van der Waals surface area contributed by atoms with E-state index < -0.39 is 0 Å². The smallest absolute Gasteiger partial charge is 0.241 e. The van der Waals surface area contributed by atoms with E-state index in [0.717, 1.165) is 43.9 Å². The molecule has 1 amide bonds. The number of carbonyl (C=O) groups excluding carboxylic acids is 1. The fraction of sp³-hybridized carbons (Fsp3) is 0.562. The van der Waals surface area contributed by atoms with Crippen molar-refractivity contribution in [3.8, 4) is 0 Å². The highest BCUT2D eigenvalue weighted by atomic mass is 32.2. The Balaban J connectivity index is 1.62. The van der Waals surface area contributed by atoms with E-state index in [9.17, 15) is 4.79 Å². The summed E-state index contributed by atoms with van der Waals surface area (Å²) in [4.78, 5) is 18.1. The third-order valence-electron chi connectivity index (χ3n) is 4.38. The Kier molecular flexibility index (Phi) is 4.83. The van der Waals surface area contributed by atoms with Gasteiger partial charge in [-0.05, 0) is 32.0 Å². The quantitative estimate of drug-likeness (QED) is 0.924. The van der Waals surface area contributed by atoms with Gasteiger partial charge in [0.15, 0.2) is 0 Å². The molecule has 0 aromatic heterocycles. The first-order valence-electron chi connectivity index (χ1n) is 7.70. The number of rotatable bonds is 3. The minimum Gasteiger partial charge on any atom is -0.317 e. The molecular weight excluding hydrogens is 282 g/mol. The third kappa shape index (κ3) is 3.42. The molecule has 1 fully saturated rings. The summed E-state index contributed by atoms with van der Waals surface area (Å²) >= 11 is 1.84. The molecule has 0 atom stereocenters. The van der Waals surface area contributed by atoms with Crippen molar-refractivity contribution in [3.63, 3.8) is 0 Å². The molecule has 114 valence electrons. The first kappa shape index (κ1) is 14.9. The van der Waals surface area contributed by atoms with Crippen LogP contribution in [0.2, 0.25) is 0 Å². The number of amides is 1. The molecule has 3 rings (SSSR count). The van der Waals surface area contributed by atoms with Crippen LogP contribution in [0, 0.1) is 0 Å². The number of hydrogen-bond acceptors (Lipinski definition) is 4. The van der Waals surface area contributed by atoms with Gasteiger partial charge in [0.2, 0.25) is 5.91 Å². The summed E-state index contributed by atoms with van der Waals surface area (Å²) in [5.74, 6) is 1.23. The van der Waals surface area contributed by atoms with Gasteiger partial charge >= 0.3 is 0 Å². The van der Waals surface area contributed by atoms with Crippen molar-refractivity contribution in [2.75, 3.05) is 43.9 Å². The van der Waals surface area contributed by atoms with Crippen molar-refractivity contribution in [1.29, 1.82) is 0 Å². The summed E-state index contributed by atoms with van der Waals surface area (Å²) in [5, 5.41) is 3.33. The van der Waals surface area contributed by atoms with Crippen LogP contribution in [0.5, 0.6) is 0 Å². The van der Waals surface area contributed by atoms with Crippen LogP contribution in [0.25, 0.3) is 0 Å². The van der Waals surface area contributed by atoms with Crippen LogP contribution in [-0.2, 0) is 4.79 Å². The van der Waals surface area contributed by atoms with Crippen molar-refractivity contribution < 1.29 is 4.79 Å². The number of anilines is 1. The molecule has 0 radical (unpaired) electrons. The SMILES string of the molecule is CNC1CCN(CC(=O)N2CCSc3ccccc32)CC1. The normalized spacial score (nSPS) is 20.3. The van der Waals surface area contributed by atoms with Gasteiger partial charge in [-0.25, -0.2) is 0 Å². The largest absolute Gasteiger partial charge is 0.317 e. The minimum absolute atomic E-state index is 0.241. The summed E-state index contributed by atoms with van der Waals surface area (Å²) in [7, 11) is 2.02. The maximum Gasteiger partial charge on any atom is 0.241 e. The molecule has 2 aliphatic rings. The van der Waals surface area contributed by atoms with Crippen LogP contribution >= 0.6 is 11.8 Å². The van der Waals surface area contributed by atoms with Crippen LogP contribution in [0.15, 0.2) is 29.2 Å². The first-order chi connectivity index (χ1) is 10.3.